The lowest BCUT2D eigenvalue weighted by atomic mass is 10.1. The predicted molar refractivity (Wildman–Crippen MR) is 133 cm³/mol. The van der Waals surface area contributed by atoms with Crippen LogP contribution in [0.25, 0.3) is 0 Å². The highest BCUT2D eigenvalue weighted by molar-refractivity contribution is 7.85. The van der Waals surface area contributed by atoms with E-state index in [9.17, 15) is 22.9 Å². The number of halogens is 1. The number of guanidine groups is 1. The molecule has 1 atom stereocenters. The molecule has 0 aliphatic carbocycles. The number of nitrogen functional groups attached to an aromatic ring is 2. The summed E-state index contributed by atoms with van der Waals surface area (Å²) in [5.41, 5.74) is 17.5. The first-order valence-corrected chi connectivity index (χ1v) is 12.6. The van der Waals surface area contributed by atoms with E-state index >= 15 is 0 Å². The first-order valence-electron chi connectivity index (χ1n) is 10.6. The van der Waals surface area contributed by atoms with Crippen LogP contribution in [0.4, 0.5) is 11.6 Å². The van der Waals surface area contributed by atoms with Gasteiger partial charge in [0.25, 0.3) is 16.0 Å². The summed E-state index contributed by atoms with van der Waals surface area (Å²) in [7, 11) is -4.68. The van der Waals surface area contributed by atoms with Crippen LogP contribution in [0.1, 0.15) is 28.9 Å². The molecule has 2 aromatic rings. The number of ether oxygens (including phenoxy) is 1. The van der Waals surface area contributed by atoms with Crippen LogP contribution in [-0.4, -0.2) is 81.7 Å². The second kappa shape index (κ2) is 13.2. The number of unbranched alkanes of at least 4 members (excludes halogenated alkanes) is 1. The number of aliphatic hydroxyl groups excluding tert-OH is 2. The zero-order valence-electron chi connectivity index (χ0n) is 19.1. The largest absolute Gasteiger partial charge is 0.491 e. The first kappa shape index (κ1) is 29.0. The van der Waals surface area contributed by atoms with E-state index in [1.165, 1.54) is 0 Å². The van der Waals surface area contributed by atoms with E-state index in [4.69, 9.17) is 38.6 Å². The maximum Gasteiger partial charge on any atom is 0.284 e. The van der Waals surface area contributed by atoms with Crippen LogP contribution in [0.2, 0.25) is 5.15 Å². The Morgan fingerprint density at radius 2 is 1.83 bits per heavy atom. The molecule has 0 radical (unpaired) electrons. The van der Waals surface area contributed by atoms with E-state index in [2.05, 4.69) is 15.0 Å². The second-order valence-corrected chi connectivity index (χ2v) is 9.35. The van der Waals surface area contributed by atoms with Gasteiger partial charge in [0.1, 0.15) is 18.5 Å². The summed E-state index contributed by atoms with van der Waals surface area (Å²) in [5.74, 6) is -2.83. The molecule has 0 aliphatic heterocycles. The monoisotopic (exact) mass is 545 g/mol. The summed E-state index contributed by atoms with van der Waals surface area (Å²) >= 11 is 5.78. The molecule has 1 amide bonds. The number of benzene rings is 1. The predicted octanol–water partition coefficient (Wildman–Crippen LogP) is -0.348. The van der Waals surface area contributed by atoms with Crippen molar-refractivity contribution in [3.63, 3.8) is 0 Å². The zero-order chi connectivity index (χ0) is 26.9. The molecular weight excluding hydrogens is 518 g/mol. The standard InChI is InChI=1S/C20H28ClN7O7S/c21-16-18(23)27-17(22)15(26-16)19(31)28(11-36(32,33)34)20(24)25-8-2-1-3-12-4-6-14(7-5-12)35-10-13(30)9-29/h4-7,13,29-30H,1-3,8-11H2,(H2,24,25)(H4,22,23,27)(H,32,33,34). The van der Waals surface area contributed by atoms with Crippen LogP contribution in [0, 0.1) is 0 Å². The maximum absolute atomic E-state index is 12.8. The molecule has 0 saturated heterocycles. The fraction of sp³-hybridized carbons (Fsp3) is 0.400. The van der Waals surface area contributed by atoms with E-state index in [0.717, 1.165) is 5.56 Å². The number of hydrogen-bond acceptors (Lipinski definition) is 11. The number of amides is 1. The van der Waals surface area contributed by atoms with Crippen LogP contribution in [0.5, 0.6) is 5.75 Å². The van der Waals surface area contributed by atoms with Crippen molar-refractivity contribution in [2.75, 3.05) is 37.1 Å². The Labute approximate surface area is 212 Å². The fourth-order valence-electron chi connectivity index (χ4n) is 2.84. The Bertz CT molecular complexity index is 1180. The van der Waals surface area contributed by atoms with Crippen LogP contribution < -0.4 is 21.9 Å². The van der Waals surface area contributed by atoms with Crippen molar-refractivity contribution in [1.29, 1.82) is 0 Å². The molecule has 0 spiro atoms. The van der Waals surface area contributed by atoms with Crippen molar-refractivity contribution in [3.05, 3.63) is 40.7 Å². The maximum atomic E-state index is 12.8. The number of anilines is 2. The van der Waals surface area contributed by atoms with Gasteiger partial charge in [-0.25, -0.2) is 9.97 Å². The highest BCUT2D eigenvalue weighted by Crippen LogP contribution is 2.19. The Morgan fingerprint density at radius 1 is 1.17 bits per heavy atom. The summed E-state index contributed by atoms with van der Waals surface area (Å²) in [4.78, 5) is 24.7. The molecule has 1 heterocycles. The number of rotatable bonds is 12. The molecule has 1 aromatic carbocycles. The number of aliphatic hydroxyl groups is 2. The van der Waals surface area contributed by atoms with Crippen LogP contribution in [0.15, 0.2) is 29.3 Å². The lowest BCUT2D eigenvalue weighted by Crippen LogP contribution is -2.45. The van der Waals surface area contributed by atoms with Crippen molar-refractivity contribution < 1.29 is 32.7 Å². The summed E-state index contributed by atoms with van der Waals surface area (Å²) in [6.07, 6.45) is 0.985. The molecule has 0 bridgehead atoms. The zero-order valence-corrected chi connectivity index (χ0v) is 20.7. The fourth-order valence-corrected chi connectivity index (χ4v) is 3.54. The van der Waals surface area contributed by atoms with Crippen molar-refractivity contribution >= 4 is 45.2 Å². The van der Waals surface area contributed by atoms with Gasteiger partial charge in [0.15, 0.2) is 34.3 Å². The number of nitrogens with two attached hydrogens (primary N) is 3. The quantitative estimate of drug-likeness (QED) is 0.0867. The summed E-state index contributed by atoms with van der Waals surface area (Å²) in [6, 6.07) is 7.20. The van der Waals surface area contributed by atoms with Gasteiger partial charge in [0.2, 0.25) is 0 Å². The molecule has 36 heavy (non-hydrogen) atoms. The molecule has 1 unspecified atom stereocenters. The number of aromatic nitrogens is 2. The van der Waals surface area contributed by atoms with Crippen LogP contribution in [-0.2, 0) is 16.5 Å². The van der Waals surface area contributed by atoms with Gasteiger partial charge in [-0.1, -0.05) is 23.7 Å². The molecule has 16 heteroatoms. The Morgan fingerprint density at radius 3 is 2.44 bits per heavy atom. The Kier molecular flexibility index (Phi) is 10.6. The average molecular weight is 546 g/mol. The Balaban J connectivity index is 1.97. The molecule has 1 aromatic heterocycles. The van der Waals surface area contributed by atoms with E-state index in [1.807, 2.05) is 12.1 Å². The van der Waals surface area contributed by atoms with Crippen molar-refractivity contribution in [1.82, 2.24) is 14.9 Å². The second-order valence-electron chi connectivity index (χ2n) is 7.57. The molecule has 0 aliphatic rings. The molecule has 0 fully saturated rings. The van der Waals surface area contributed by atoms with E-state index < -0.39 is 45.5 Å². The SMILES string of the molecule is NC(=NCCCCc1ccc(OCC(O)CO)cc1)N(CS(=O)(=O)O)C(=O)c1nc(Cl)c(N)nc1N. The van der Waals surface area contributed by atoms with Gasteiger partial charge >= 0.3 is 0 Å². The third-order valence-corrected chi connectivity index (χ3v) is 5.51. The van der Waals surface area contributed by atoms with Gasteiger partial charge in [0.05, 0.1) is 6.61 Å². The molecular formula is C20H28ClN7O7S. The van der Waals surface area contributed by atoms with Gasteiger partial charge in [-0.3, -0.25) is 19.2 Å². The average Bonchev–Trinajstić information content (AvgIpc) is 2.82. The Hall–Kier alpha value is -3.24. The minimum Gasteiger partial charge on any atom is -0.491 e. The molecule has 9 N–H and O–H groups in total. The van der Waals surface area contributed by atoms with Crippen LogP contribution >= 0.6 is 11.6 Å². The van der Waals surface area contributed by atoms with Crippen LogP contribution in [0.3, 0.4) is 0 Å². The highest BCUT2D eigenvalue weighted by Gasteiger charge is 2.28. The lowest BCUT2D eigenvalue weighted by Gasteiger charge is -2.20. The van der Waals surface area contributed by atoms with Gasteiger partial charge in [-0.15, -0.1) is 0 Å². The molecule has 0 saturated carbocycles. The number of carbonyl (C=O) groups is 1. The van der Waals surface area contributed by atoms with Gasteiger partial charge in [-0.2, -0.15) is 8.42 Å². The van der Waals surface area contributed by atoms with Gasteiger partial charge in [-0.05, 0) is 37.0 Å². The van der Waals surface area contributed by atoms with Crippen molar-refractivity contribution in [2.45, 2.75) is 25.4 Å². The minimum atomic E-state index is -4.68. The third-order valence-electron chi connectivity index (χ3n) is 4.65. The molecule has 198 valence electrons. The smallest absolute Gasteiger partial charge is 0.284 e. The van der Waals surface area contributed by atoms with E-state index in [1.54, 1.807) is 12.1 Å². The normalized spacial score (nSPS) is 12.8. The van der Waals surface area contributed by atoms with Gasteiger partial charge in [0, 0.05) is 6.54 Å². The minimum absolute atomic E-state index is 0.0170. The molecule has 2 rings (SSSR count). The molecule has 14 nitrogen and oxygen atoms in total. The van der Waals surface area contributed by atoms with E-state index in [0.29, 0.717) is 29.9 Å². The summed E-state index contributed by atoms with van der Waals surface area (Å²) in [6.45, 7) is -0.243. The number of aryl methyl sites for hydroxylation is 1. The first-order chi connectivity index (χ1) is 16.9. The lowest BCUT2D eigenvalue weighted by molar-refractivity contribution is 0.0536. The van der Waals surface area contributed by atoms with Crippen molar-refractivity contribution in [2.24, 2.45) is 10.7 Å². The summed E-state index contributed by atoms with van der Waals surface area (Å²) < 4.78 is 37.5. The number of aliphatic imine (C=N–C) groups is 1. The highest BCUT2D eigenvalue weighted by atomic mass is 35.5. The number of hydrogen-bond donors (Lipinski definition) is 6. The van der Waals surface area contributed by atoms with E-state index in [-0.39, 0.29) is 30.7 Å². The van der Waals surface area contributed by atoms with Crippen molar-refractivity contribution in [3.8, 4) is 5.75 Å². The topological polar surface area (TPSA) is 241 Å². The number of nitrogens with zero attached hydrogens (tertiary/aromatic N) is 4. The third kappa shape index (κ3) is 9.09. The van der Waals surface area contributed by atoms with Gasteiger partial charge < -0.3 is 32.2 Å². The number of carbonyl (C=O) groups excluding carboxylic acids is 1. The summed E-state index contributed by atoms with van der Waals surface area (Å²) in [5, 5.41) is 17.8.